The Labute approximate surface area is 130 Å². The smallest absolute Gasteiger partial charge is 0.320 e. The summed E-state index contributed by atoms with van der Waals surface area (Å²) in [5.41, 5.74) is 6.00. The molecule has 1 atom stereocenters. The number of aliphatic hydroxyl groups excluding tert-OH is 6. The number of nitrogens with zero attached hydrogens (tertiary/aromatic N) is 1. The average molecular weight is 335 g/mol. The molecule has 1 aliphatic rings. The second-order valence-corrected chi connectivity index (χ2v) is 5.17. The van der Waals surface area contributed by atoms with Gasteiger partial charge in [0.1, 0.15) is 42.7 Å². The molecule has 0 saturated heterocycles. The van der Waals surface area contributed by atoms with Gasteiger partial charge in [-0.3, -0.25) is 4.79 Å². The number of nitrogens with one attached hydrogen (secondary N) is 1. The van der Waals surface area contributed by atoms with Crippen LogP contribution in [0.2, 0.25) is 0 Å². The minimum atomic E-state index is -1.64. The third kappa shape index (κ3) is 4.94. The molecule has 1 aliphatic carbocycles. The summed E-state index contributed by atoms with van der Waals surface area (Å²) in [6.45, 7) is 0. The molecule has 1 aromatic rings. The van der Waals surface area contributed by atoms with Crippen LogP contribution < -0.4 is 5.73 Å². The summed E-state index contributed by atoms with van der Waals surface area (Å²) in [4.78, 5) is 16.8. The lowest BCUT2D eigenvalue weighted by Crippen LogP contribution is -2.63. The predicted molar refractivity (Wildman–Crippen MR) is 73.9 cm³/mol. The number of carboxylic acid groups (broad SMARTS) is 1. The van der Waals surface area contributed by atoms with E-state index in [0.717, 1.165) is 5.69 Å². The summed E-state index contributed by atoms with van der Waals surface area (Å²) >= 11 is 0. The topological polar surface area (TPSA) is 213 Å². The highest BCUT2D eigenvalue weighted by atomic mass is 16.4. The third-order valence-electron chi connectivity index (χ3n) is 3.41. The fraction of sp³-hybridized carbons (Fsp3) is 0.667. The molecule has 1 heterocycles. The molecule has 1 fully saturated rings. The maximum atomic E-state index is 10.3. The molecule has 2 rings (SSSR count). The number of aliphatic carboxylic acids is 1. The van der Waals surface area contributed by atoms with E-state index in [9.17, 15) is 4.79 Å². The monoisotopic (exact) mass is 335 g/mol. The van der Waals surface area contributed by atoms with Crippen LogP contribution in [0, 0.1) is 0 Å². The van der Waals surface area contributed by atoms with Gasteiger partial charge in [-0.25, -0.2) is 4.98 Å². The van der Waals surface area contributed by atoms with Gasteiger partial charge in [0.05, 0.1) is 6.33 Å². The summed E-state index contributed by atoms with van der Waals surface area (Å²) in [6, 6.07) is -0.851. The fourth-order valence-corrected chi connectivity index (χ4v) is 1.93. The largest absolute Gasteiger partial charge is 0.480 e. The van der Waals surface area contributed by atoms with Gasteiger partial charge < -0.3 is 46.5 Å². The van der Waals surface area contributed by atoms with Crippen molar-refractivity contribution in [2.45, 2.75) is 49.1 Å². The van der Waals surface area contributed by atoms with Crippen molar-refractivity contribution in [2.24, 2.45) is 5.73 Å². The molecule has 23 heavy (non-hydrogen) atoms. The van der Waals surface area contributed by atoms with Gasteiger partial charge >= 0.3 is 5.97 Å². The molecule has 11 nitrogen and oxygen atoms in total. The quantitative estimate of drug-likeness (QED) is 0.258. The fourth-order valence-electron chi connectivity index (χ4n) is 1.93. The van der Waals surface area contributed by atoms with Crippen LogP contribution in [0.25, 0.3) is 0 Å². The SMILES string of the molecule is N[C@@H](Cc1cnc[nH]1)C(=O)O.OC1C(O)C(O)C(O)C(O)C1O. The molecular formula is C12H21N3O8. The van der Waals surface area contributed by atoms with Crippen LogP contribution in [0.5, 0.6) is 0 Å². The Morgan fingerprint density at radius 3 is 1.70 bits per heavy atom. The lowest BCUT2D eigenvalue weighted by Gasteiger charge is -2.39. The first-order valence-electron chi connectivity index (χ1n) is 6.70. The van der Waals surface area contributed by atoms with Gasteiger partial charge in [-0.2, -0.15) is 0 Å². The van der Waals surface area contributed by atoms with Crippen molar-refractivity contribution in [2.75, 3.05) is 0 Å². The van der Waals surface area contributed by atoms with Gasteiger partial charge in [-0.05, 0) is 0 Å². The van der Waals surface area contributed by atoms with Gasteiger partial charge in [0.25, 0.3) is 0 Å². The summed E-state index contributed by atoms with van der Waals surface area (Å²) in [6.07, 6.45) is -6.51. The highest BCUT2D eigenvalue weighted by molar-refractivity contribution is 5.73. The number of hydrogen-bond acceptors (Lipinski definition) is 9. The normalized spacial score (nSPS) is 35.1. The second-order valence-electron chi connectivity index (χ2n) is 5.17. The van der Waals surface area contributed by atoms with Crippen LogP contribution in [0.1, 0.15) is 5.69 Å². The standard InChI is InChI=1S/C6H9N3O2.C6H12O6/c7-5(6(10)11)1-4-2-8-3-9-4;7-1-2(8)4(10)6(12)5(11)3(1)9/h2-3,5H,1,7H2,(H,8,9)(H,10,11);1-12H/t5-;/m0./s1. The summed E-state index contributed by atoms with van der Waals surface area (Å²) in [5, 5.41) is 62.3. The zero-order valence-electron chi connectivity index (χ0n) is 12.0. The van der Waals surface area contributed by atoms with Crippen molar-refractivity contribution < 1.29 is 40.5 Å². The second kappa shape index (κ2) is 8.31. The number of imidazole rings is 1. The molecule has 0 spiro atoms. The zero-order chi connectivity index (χ0) is 17.7. The van der Waals surface area contributed by atoms with Crippen LogP contribution >= 0.6 is 0 Å². The Bertz CT molecular complexity index is 426. The highest BCUT2D eigenvalue weighted by Gasteiger charge is 2.47. The maximum absolute atomic E-state index is 10.3. The van der Waals surface area contributed by atoms with Gasteiger partial charge in [0, 0.05) is 18.3 Å². The first-order valence-corrected chi connectivity index (χ1v) is 6.70. The Kier molecular flexibility index (Phi) is 7.02. The van der Waals surface area contributed by atoms with E-state index in [1.54, 1.807) is 6.20 Å². The molecule has 132 valence electrons. The van der Waals surface area contributed by atoms with E-state index in [1.165, 1.54) is 6.33 Å². The van der Waals surface area contributed by atoms with Crippen molar-refractivity contribution in [3.63, 3.8) is 0 Å². The third-order valence-corrected chi connectivity index (χ3v) is 3.41. The van der Waals surface area contributed by atoms with Crippen LogP contribution in [-0.4, -0.2) is 94.3 Å². The molecule has 1 aromatic heterocycles. The lowest BCUT2D eigenvalue weighted by atomic mass is 9.85. The Morgan fingerprint density at radius 1 is 1.04 bits per heavy atom. The summed E-state index contributed by atoms with van der Waals surface area (Å²) in [7, 11) is 0. The minimum Gasteiger partial charge on any atom is -0.480 e. The van der Waals surface area contributed by atoms with E-state index < -0.39 is 48.6 Å². The van der Waals surface area contributed by atoms with Gasteiger partial charge in [0.2, 0.25) is 0 Å². The molecular weight excluding hydrogens is 314 g/mol. The average Bonchev–Trinajstić information content (AvgIpc) is 3.02. The summed E-state index contributed by atoms with van der Waals surface area (Å²) < 4.78 is 0. The minimum absolute atomic E-state index is 0.287. The molecule has 10 N–H and O–H groups in total. The number of aromatic nitrogens is 2. The Balaban J connectivity index is 0.000000231. The van der Waals surface area contributed by atoms with E-state index in [4.69, 9.17) is 41.5 Å². The van der Waals surface area contributed by atoms with Crippen LogP contribution in [0.15, 0.2) is 12.5 Å². The Hall–Kier alpha value is -1.60. The summed E-state index contributed by atoms with van der Waals surface area (Å²) in [5.74, 6) is -1.00. The molecule has 0 radical (unpaired) electrons. The molecule has 1 saturated carbocycles. The number of aromatic amines is 1. The first kappa shape index (κ1) is 19.4. The van der Waals surface area contributed by atoms with Crippen molar-refractivity contribution in [3.05, 3.63) is 18.2 Å². The van der Waals surface area contributed by atoms with Crippen molar-refractivity contribution in [1.82, 2.24) is 9.97 Å². The van der Waals surface area contributed by atoms with E-state index in [2.05, 4.69) is 9.97 Å². The van der Waals surface area contributed by atoms with E-state index in [0.29, 0.717) is 0 Å². The first-order chi connectivity index (χ1) is 10.7. The number of rotatable bonds is 3. The molecule has 0 aliphatic heterocycles. The van der Waals surface area contributed by atoms with Crippen molar-refractivity contribution >= 4 is 5.97 Å². The number of carbonyl (C=O) groups is 1. The van der Waals surface area contributed by atoms with Crippen molar-refractivity contribution in [1.29, 1.82) is 0 Å². The maximum Gasteiger partial charge on any atom is 0.320 e. The number of aliphatic hydroxyl groups is 6. The predicted octanol–water partition coefficient (Wildman–Crippen LogP) is -4.47. The lowest BCUT2D eigenvalue weighted by molar-refractivity contribution is -0.223. The Morgan fingerprint density at radius 2 is 1.43 bits per heavy atom. The van der Waals surface area contributed by atoms with Crippen molar-refractivity contribution in [3.8, 4) is 0 Å². The van der Waals surface area contributed by atoms with E-state index in [-0.39, 0.29) is 6.42 Å². The van der Waals surface area contributed by atoms with Gasteiger partial charge in [-0.1, -0.05) is 0 Å². The number of H-pyrrole nitrogens is 1. The highest BCUT2D eigenvalue weighted by Crippen LogP contribution is 2.20. The van der Waals surface area contributed by atoms with Crippen LogP contribution in [0.3, 0.4) is 0 Å². The molecule has 11 heteroatoms. The molecule has 0 aromatic carbocycles. The number of nitrogens with two attached hydrogens (primary N) is 1. The van der Waals surface area contributed by atoms with E-state index >= 15 is 0 Å². The van der Waals surface area contributed by atoms with E-state index in [1.807, 2.05) is 0 Å². The van der Waals surface area contributed by atoms with Crippen LogP contribution in [-0.2, 0) is 11.2 Å². The molecule has 0 bridgehead atoms. The molecule has 0 amide bonds. The number of hydrogen-bond donors (Lipinski definition) is 9. The number of carboxylic acids is 1. The van der Waals surface area contributed by atoms with Gasteiger partial charge in [-0.15, -0.1) is 0 Å². The molecule has 0 unspecified atom stereocenters. The van der Waals surface area contributed by atoms with Gasteiger partial charge in [0.15, 0.2) is 0 Å². The van der Waals surface area contributed by atoms with Crippen LogP contribution in [0.4, 0.5) is 0 Å². The zero-order valence-corrected chi connectivity index (χ0v) is 12.0.